The predicted octanol–water partition coefficient (Wildman–Crippen LogP) is 0.732. The molecule has 1 unspecified atom stereocenters. The number of nitrogen functional groups attached to an aromatic ring is 1. The minimum absolute atomic E-state index is 0.242. The van der Waals surface area contributed by atoms with Crippen molar-refractivity contribution in [1.29, 1.82) is 0 Å². The number of benzene rings is 1. The number of carbonyl (C=O) groups is 2. The Bertz CT molecular complexity index is 683. The van der Waals surface area contributed by atoms with Gasteiger partial charge in [-0.05, 0) is 12.5 Å². The van der Waals surface area contributed by atoms with Crippen molar-refractivity contribution in [1.82, 2.24) is 15.5 Å². The van der Waals surface area contributed by atoms with Crippen molar-refractivity contribution in [3.8, 4) is 0 Å². The Morgan fingerprint density at radius 1 is 1.26 bits per heavy atom. The molecule has 1 aromatic heterocycles. The molecule has 1 aromatic carbocycles. The Morgan fingerprint density at radius 3 is 2.89 bits per heavy atom. The van der Waals surface area contributed by atoms with E-state index >= 15 is 0 Å². The molecule has 2 amide bonds. The van der Waals surface area contributed by atoms with E-state index in [0.717, 1.165) is 10.8 Å². The average Bonchev–Trinajstić information content (AvgIpc) is 2.39. The number of imide groups is 1. The molecule has 3 N–H and O–H groups in total. The summed E-state index contributed by atoms with van der Waals surface area (Å²) in [6.45, 7) is 0. The van der Waals surface area contributed by atoms with Gasteiger partial charge in [-0.1, -0.05) is 12.1 Å². The van der Waals surface area contributed by atoms with Crippen molar-refractivity contribution in [2.45, 2.75) is 18.8 Å². The summed E-state index contributed by atoms with van der Waals surface area (Å²) < 4.78 is 0. The second-order valence-corrected chi connectivity index (χ2v) is 4.54. The number of fused-ring (bicyclic) bond motifs is 1. The van der Waals surface area contributed by atoms with E-state index in [4.69, 9.17) is 5.73 Å². The van der Waals surface area contributed by atoms with Crippen LogP contribution in [0.25, 0.3) is 10.8 Å². The summed E-state index contributed by atoms with van der Waals surface area (Å²) in [4.78, 5) is 23.1. The third-order valence-corrected chi connectivity index (χ3v) is 3.34. The van der Waals surface area contributed by atoms with Gasteiger partial charge in [0.2, 0.25) is 11.8 Å². The van der Waals surface area contributed by atoms with Crippen molar-refractivity contribution in [2.75, 3.05) is 5.73 Å². The van der Waals surface area contributed by atoms with E-state index in [1.807, 2.05) is 12.1 Å². The van der Waals surface area contributed by atoms with Gasteiger partial charge in [0.05, 0.1) is 17.8 Å². The number of hydrogen-bond donors (Lipinski definition) is 2. The molecule has 19 heavy (non-hydrogen) atoms. The highest BCUT2D eigenvalue weighted by molar-refractivity contribution is 6.03. The quantitative estimate of drug-likeness (QED) is 0.579. The van der Waals surface area contributed by atoms with Crippen LogP contribution in [-0.2, 0) is 9.59 Å². The SMILES string of the molecule is Nc1cccc2c(C3CCC(=O)NC3=O)nncc12. The first-order valence-corrected chi connectivity index (χ1v) is 6.00. The minimum Gasteiger partial charge on any atom is -0.398 e. The number of carbonyl (C=O) groups excluding carboxylic acids is 2. The van der Waals surface area contributed by atoms with Gasteiger partial charge in [-0.25, -0.2) is 0 Å². The van der Waals surface area contributed by atoms with Crippen LogP contribution in [0, 0.1) is 0 Å². The highest BCUT2D eigenvalue weighted by Crippen LogP contribution is 2.30. The molecule has 96 valence electrons. The summed E-state index contributed by atoms with van der Waals surface area (Å²) in [5.41, 5.74) is 7.07. The standard InChI is InChI=1S/C13H12N4O2/c14-10-3-1-2-7-9(10)6-15-17-12(7)8-4-5-11(18)16-13(8)19/h1-3,6,8H,4-5,14H2,(H,16,18,19). The zero-order valence-electron chi connectivity index (χ0n) is 10.1. The fourth-order valence-electron chi connectivity index (χ4n) is 2.37. The molecule has 2 aromatic rings. The van der Waals surface area contributed by atoms with E-state index in [1.54, 1.807) is 12.3 Å². The van der Waals surface area contributed by atoms with E-state index in [2.05, 4.69) is 15.5 Å². The Balaban J connectivity index is 2.13. The van der Waals surface area contributed by atoms with Crippen LogP contribution in [0.5, 0.6) is 0 Å². The lowest BCUT2D eigenvalue weighted by atomic mass is 9.91. The third-order valence-electron chi connectivity index (χ3n) is 3.34. The number of piperidine rings is 1. The topological polar surface area (TPSA) is 98.0 Å². The molecule has 6 nitrogen and oxygen atoms in total. The molecule has 1 atom stereocenters. The molecule has 1 aliphatic heterocycles. The highest BCUT2D eigenvalue weighted by atomic mass is 16.2. The first-order valence-electron chi connectivity index (χ1n) is 6.00. The Labute approximate surface area is 109 Å². The maximum absolute atomic E-state index is 11.9. The predicted molar refractivity (Wildman–Crippen MR) is 69.1 cm³/mol. The van der Waals surface area contributed by atoms with Crippen LogP contribution >= 0.6 is 0 Å². The van der Waals surface area contributed by atoms with Gasteiger partial charge >= 0.3 is 0 Å². The fraction of sp³-hybridized carbons (Fsp3) is 0.231. The van der Waals surface area contributed by atoms with E-state index in [0.29, 0.717) is 24.2 Å². The van der Waals surface area contributed by atoms with Crippen LogP contribution in [-0.4, -0.2) is 22.0 Å². The van der Waals surface area contributed by atoms with Crippen LogP contribution in [0.2, 0.25) is 0 Å². The number of hydrogen-bond acceptors (Lipinski definition) is 5. The van der Waals surface area contributed by atoms with Crippen LogP contribution in [0.15, 0.2) is 24.4 Å². The van der Waals surface area contributed by atoms with Gasteiger partial charge in [0.25, 0.3) is 0 Å². The number of nitrogens with one attached hydrogen (secondary N) is 1. The lowest BCUT2D eigenvalue weighted by molar-refractivity contribution is -0.134. The molecular formula is C13H12N4O2. The molecule has 1 fully saturated rings. The van der Waals surface area contributed by atoms with Crippen molar-refractivity contribution in [3.05, 3.63) is 30.1 Å². The van der Waals surface area contributed by atoms with Crippen molar-refractivity contribution < 1.29 is 9.59 Å². The largest absolute Gasteiger partial charge is 0.398 e. The number of nitrogens with zero attached hydrogens (tertiary/aromatic N) is 2. The summed E-state index contributed by atoms with van der Waals surface area (Å²) in [5.74, 6) is -1.01. The molecular weight excluding hydrogens is 244 g/mol. The summed E-state index contributed by atoms with van der Waals surface area (Å²) in [6.07, 6.45) is 2.35. The lowest BCUT2D eigenvalue weighted by Crippen LogP contribution is -2.39. The zero-order chi connectivity index (χ0) is 13.4. The van der Waals surface area contributed by atoms with Gasteiger partial charge in [0.1, 0.15) is 0 Å². The Kier molecular flexibility index (Phi) is 2.63. The molecule has 0 spiro atoms. The fourth-order valence-corrected chi connectivity index (χ4v) is 2.37. The molecule has 0 radical (unpaired) electrons. The average molecular weight is 256 g/mol. The summed E-state index contributed by atoms with van der Waals surface area (Å²) >= 11 is 0. The van der Waals surface area contributed by atoms with Crippen LogP contribution in [0.4, 0.5) is 5.69 Å². The molecule has 6 heteroatoms. The van der Waals surface area contributed by atoms with E-state index in [9.17, 15) is 9.59 Å². The molecule has 0 saturated carbocycles. The maximum Gasteiger partial charge on any atom is 0.235 e. The number of aromatic nitrogens is 2. The van der Waals surface area contributed by atoms with Crippen LogP contribution in [0.3, 0.4) is 0 Å². The van der Waals surface area contributed by atoms with E-state index in [-0.39, 0.29) is 11.8 Å². The Morgan fingerprint density at radius 2 is 2.11 bits per heavy atom. The van der Waals surface area contributed by atoms with Crippen molar-refractivity contribution >= 4 is 28.3 Å². The van der Waals surface area contributed by atoms with Gasteiger partial charge in [-0.3, -0.25) is 14.9 Å². The molecule has 1 aliphatic rings. The van der Waals surface area contributed by atoms with Crippen molar-refractivity contribution in [3.63, 3.8) is 0 Å². The van der Waals surface area contributed by atoms with Gasteiger partial charge in [0.15, 0.2) is 0 Å². The van der Waals surface area contributed by atoms with Gasteiger partial charge in [-0.15, -0.1) is 0 Å². The molecule has 3 rings (SSSR count). The minimum atomic E-state index is -0.448. The van der Waals surface area contributed by atoms with Crippen LogP contribution in [0.1, 0.15) is 24.5 Å². The van der Waals surface area contributed by atoms with Crippen molar-refractivity contribution in [2.24, 2.45) is 0 Å². The summed E-state index contributed by atoms with van der Waals surface area (Å²) in [6, 6.07) is 5.45. The molecule has 0 bridgehead atoms. The number of amides is 2. The summed E-state index contributed by atoms with van der Waals surface area (Å²) in [7, 11) is 0. The highest BCUT2D eigenvalue weighted by Gasteiger charge is 2.30. The van der Waals surface area contributed by atoms with E-state index < -0.39 is 5.92 Å². The second-order valence-electron chi connectivity index (χ2n) is 4.54. The van der Waals surface area contributed by atoms with Crippen LogP contribution < -0.4 is 11.1 Å². The number of rotatable bonds is 1. The lowest BCUT2D eigenvalue weighted by Gasteiger charge is -2.21. The Hall–Kier alpha value is -2.50. The van der Waals surface area contributed by atoms with Gasteiger partial charge in [0, 0.05) is 22.9 Å². The van der Waals surface area contributed by atoms with Gasteiger partial charge in [-0.2, -0.15) is 10.2 Å². The zero-order valence-corrected chi connectivity index (χ0v) is 10.1. The molecule has 0 aliphatic carbocycles. The third kappa shape index (κ3) is 1.91. The molecule has 2 heterocycles. The first-order chi connectivity index (χ1) is 9.16. The maximum atomic E-state index is 11.9. The smallest absolute Gasteiger partial charge is 0.235 e. The normalized spacial score (nSPS) is 19.5. The van der Waals surface area contributed by atoms with Gasteiger partial charge < -0.3 is 5.73 Å². The summed E-state index contributed by atoms with van der Waals surface area (Å²) in [5, 5.41) is 11.9. The second kappa shape index (κ2) is 4.31. The van der Waals surface area contributed by atoms with E-state index in [1.165, 1.54) is 0 Å². The monoisotopic (exact) mass is 256 g/mol. The number of anilines is 1. The molecule has 1 saturated heterocycles. The first kappa shape index (κ1) is 11.6. The number of nitrogens with two attached hydrogens (primary N) is 1.